The first kappa shape index (κ1) is 18.4. The van der Waals surface area contributed by atoms with Crippen LogP contribution >= 0.6 is 0 Å². The van der Waals surface area contributed by atoms with Crippen LogP contribution in [0.1, 0.15) is 41.9 Å². The second-order valence-corrected chi connectivity index (χ2v) is 7.43. The van der Waals surface area contributed by atoms with Crippen LogP contribution in [0.3, 0.4) is 0 Å². The van der Waals surface area contributed by atoms with Gasteiger partial charge in [0.05, 0.1) is 25.1 Å². The van der Waals surface area contributed by atoms with Crippen LogP contribution in [0.25, 0.3) is 5.57 Å². The number of carbonyl (C=O) groups is 1. The number of rotatable bonds is 5. The molecule has 142 valence electrons. The maximum Gasteiger partial charge on any atom is 0.228 e. The van der Waals surface area contributed by atoms with Crippen molar-refractivity contribution in [3.05, 3.63) is 71.6 Å². The van der Waals surface area contributed by atoms with Crippen molar-refractivity contribution in [2.75, 3.05) is 6.61 Å². The Morgan fingerprint density at radius 1 is 1.21 bits per heavy atom. The predicted molar refractivity (Wildman–Crippen MR) is 106 cm³/mol. The van der Waals surface area contributed by atoms with Gasteiger partial charge < -0.3 is 10.0 Å². The van der Waals surface area contributed by atoms with Crippen LogP contribution in [0.4, 0.5) is 0 Å². The van der Waals surface area contributed by atoms with E-state index in [9.17, 15) is 15.2 Å². The number of pyridine rings is 1. The van der Waals surface area contributed by atoms with Gasteiger partial charge >= 0.3 is 0 Å². The summed E-state index contributed by atoms with van der Waals surface area (Å²) in [5, 5.41) is 19.6. The van der Waals surface area contributed by atoms with Gasteiger partial charge in [0.1, 0.15) is 6.04 Å². The number of likely N-dealkylation sites (tertiary alicyclic amines) is 1. The second-order valence-electron chi connectivity index (χ2n) is 7.43. The molecule has 1 aliphatic heterocycles. The van der Waals surface area contributed by atoms with E-state index in [-0.39, 0.29) is 30.9 Å². The fourth-order valence-corrected chi connectivity index (χ4v) is 4.37. The van der Waals surface area contributed by atoms with Crippen molar-refractivity contribution < 1.29 is 9.90 Å². The predicted octanol–water partition coefficient (Wildman–Crippen LogP) is 3.07. The zero-order valence-corrected chi connectivity index (χ0v) is 15.7. The highest BCUT2D eigenvalue weighted by Crippen LogP contribution is 2.41. The number of amides is 1. The van der Waals surface area contributed by atoms with Crippen molar-refractivity contribution in [3.8, 4) is 6.07 Å². The number of nitrogens with zero attached hydrogens (tertiary/aromatic N) is 3. The lowest BCUT2D eigenvalue weighted by molar-refractivity contribution is -0.146. The van der Waals surface area contributed by atoms with Crippen molar-refractivity contribution in [1.82, 2.24) is 9.88 Å². The van der Waals surface area contributed by atoms with Gasteiger partial charge in [-0.2, -0.15) is 5.26 Å². The molecule has 28 heavy (non-hydrogen) atoms. The smallest absolute Gasteiger partial charge is 0.228 e. The number of aliphatic hydroxyl groups is 1. The number of aromatic nitrogens is 1. The highest BCUT2D eigenvalue weighted by molar-refractivity contribution is 5.81. The summed E-state index contributed by atoms with van der Waals surface area (Å²) < 4.78 is 0. The van der Waals surface area contributed by atoms with Crippen LogP contribution in [0, 0.1) is 11.3 Å². The van der Waals surface area contributed by atoms with E-state index < -0.39 is 6.04 Å². The molecule has 1 N–H and O–H groups in total. The van der Waals surface area contributed by atoms with Crippen LogP contribution in [0.2, 0.25) is 0 Å². The molecular formula is C23H23N3O2. The van der Waals surface area contributed by atoms with Crippen molar-refractivity contribution >= 4 is 11.5 Å². The van der Waals surface area contributed by atoms with Gasteiger partial charge in [-0.3, -0.25) is 9.78 Å². The average Bonchev–Trinajstić information content (AvgIpc) is 3.24. The molecule has 4 rings (SSSR count). The van der Waals surface area contributed by atoms with E-state index in [4.69, 9.17) is 0 Å². The first-order valence-corrected chi connectivity index (χ1v) is 9.73. The van der Waals surface area contributed by atoms with Crippen LogP contribution in [0.5, 0.6) is 0 Å². The van der Waals surface area contributed by atoms with Gasteiger partial charge in [0, 0.05) is 18.3 Å². The topological polar surface area (TPSA) is 77.2 Å². The summed E-state index contributed by atoms with van der Waals surface area (Å²) in [5.41, 5.74) is 4.46. The molecule has 1 saturated heterocycles. The van der Waals surface area contributed by atoms with Gasteiger partial charge in [-0.25, -0.2) is 0 Å². The van der Waals surface area contributed by atoms with E-state index in [0.29, 0.717) is 0 Å². The molecule has 0 bridgehead atoms. The summed E-state index contributed by atoms with van der Waals surface area (Å²) >= 11 is 0. The number of carbonyl (C=O) groups excluding carboxylic acids is 1. The molecule has 0 spiro atoms. The Balaban J connectivity index is 1.52. The third kappa shape index (κ3) is 3.32. The third-order valence-corrected chi connectivity index (χ3v) is 5.83. The summed E-state index contributed by atoms with van der Waals surface area (Å²) in [6.07, 6.45) is 9.24. The van der Waals surface area contributed by atoms with E-state index in [2.05, 4.69) is 29.3 Å². The summed E-state index contributed by atoms with van der Waals surface area (Å²) in [6, 6.07) is 13.2. The molecular weight excluding hydrogens is 350 g/mol. The molecule has 1 aliphatic carbocycles. The molecule has 0 radical (unpaired) electrons. The van der Waals surface area contributed by atoms with Crippen LogP contribution < -0.4 is 0 Å². The summed E-state index contributed by atoms with van der Waals surface area (Å²) in [7, 11) is 0. The largest absolute Gasteiger partial charge is 0.394 e. The molecule has 2 heterocycles. The maximum atomic E-state index is 12.8. The zero-order chi connectivity index (χ0) is 19.5. The van der Waals surface area contributed by atoms with Gasteiger partial charge in [-0.1, -0.05) is 30.3 Å². The van der Waals surface area contributed by atoms with Crippen molar-refractivity contribution in [2.45, 2.75) is 43.7 Å². The van der Waals surface area contributed by atoms with Crippen LogP contribution in [-0.2, 0) is 11.2 Å². The monoisotopic (exact) mass is 373 g/mol. The quantitative estimate of drug-likeness (QED) is 0.874. The molecule has 5 nitrogen and oxygen atoms in total. The van der Waals surface area contributed by atoms with Gasteiger partial charge in [0.25, 0.3) is 0 Å². The molecule has 2 aromatic rings. The highest BCUT2D eigenvalue weighted by atomic mass is 16.3. The van der Waals surface area contributed by atoms with Gasteiger partial charge in [0.2, 0.25) is 5.91 Å². The fraction of sp³-hybridized carbons (Fsp3) is 0.348. The number of nitriles is 1. The molecule has 5 heteroatoms. The molecule has 1 fully saturated rings. The lowest BCUT2D eigenvalue weighted by Gasteiger charge is -2.51. The van der Waals surface area contributed by atoms with E-state index in [0.717, 1.165) is 24.0 Å². The van der Waals surface area contributed by atoms with E-state index in [1.54, 1.807) is 29.4 Å². The molecule has 0 unspecified atom stereocenters. The Bertz CT molecular complexity index is 915. The Labute approximate surface area is 164 Å². The number of hydrogen-bond donors (Lipinski definition) is 1. The van der Waals surface area contributed by atoms with E-state index in [1.807, 2.05) is 12.1 Å². The Morgan fingerprint density at radius 3 is 2.57 bits per heavy atom. The van der Waals surface area contributed by atoms with Gasteiger partial charge in [-0.15, -0.1) is 0 Å². The third-order valence-electron chi connectivity index (χ3n) is 5.83. The Hall–Kier alpha value is -2.97. The summed E-state index contributed by atoms with van der Waals surface area (Å²) in [5.74, 6) is -0.302. The molecule has 3 atom stereocenters. The maximum absolute atomic E-state index is 12.8. The van der Waals surface area contributed by atoms with Gasteiger partial charge in [-0.05, 0) is 53.7 Å². The standard InChI is InChI=1S/C23H23N3O2/c24-14-20-23(19-7-5-18(6-8-19)17-3-1-2-4-17)21(15-27)26(20)22(28)13-16-9-11-25-12-10-16/h3,5-12,20-21,23,27H,1-2,4,13,15H2/t20-,21-,23+/m0/s1. The minimum atomic E-state index is -0.553. The SMILES string of the molecule is N#C[C@H]1[C@@H](c2ccc(C3=CCCC3)cc2)[C@H](CO)N1C(=O)Cc1ccncc1. The lowest BCUT2D eigenvalue weighted by atomic mass is 9.75. The Morgan fingerprint density at radius 2 is 1.96 bits per heavy atom. The minimum Gasteiger partial charge on any atom is -0.394 e. The molecule has 1 amide bonds. The molecule has 1 aromatic heterocycles. The lowest BCUT2D eigenvalue weighted by Crippen LogP contribution is -2.65. The Kier molecular flexibility index (Phi) is 5.23. The second kappa shape index (κ2) is 7.95. The van der Waals surface area contributed by atoms with Crippen molar-refractivity contribution in [2.24, 2.45) is 0 Å². The van der Waals surface area contributed by atoms with Crippen molar-refractivity contribution in [1.29, 1.82) is 5.26 Å². The van der Waals surface area contributed by atoms with E-state index >= 15 is 0 Å². The zero-order valence-electron chi connectivity index (χ0n) is 15.7. The highest BCUT2D eigenvalue weighted by Gasteiger charge is 2.51. The number of allylic oxidation sites excluding steroid dienone is 2. The normalized spacial score (nSPS) is 23.6. The van der Waals surface area contributed by atoms with Crippen LogP contribution in [0.15, 0.2) is 54.9 Å². The van der Waals surface area contributed by atoms with Crippen molar-refractivity contribution in [3.63, 3.8) is 0 Å². The number of hydrogen-bond acceptors (Lipinski definition) is 4. The first-order valence-electron chi connectivity index (χ1n) is 9.73. The number of benzene rings is 1. The minimum absolute atomic E-state index is 0.138. The molecule has 0 saturated carbocycles. The molecule has 1 aromatic carbocycles. The van der Waals surface area contributed by atoms with Crippen LogP contribution in [-0.4, -0.2) is 39.6 Å². The fourth-order valence-electron chi connectivity index (χ4n) is 4.37. The summed E-state index contributed by atoms with van der Waals surface area (Å²) in [4.78, 5) is 18.3. The van der Waals surface area contributed by atoms with Gasteiger partial charge in [0.15, 0.2) is 0 Å². The number of aliphatic hydroxyl groups excluding tert-OH is 1. The average molecular weight is 373 g/mol. The summed E-state index contributed by atoms with van der Waals surface area (Å²) in [6.45, 7) is -0.155. The first-order chi connectivity index (χ1) is 13.7. The molecule has 2 aliphatic rings. The van der Waals surface area contributed by atoms with E-state index in [1.165, 1.54) is 17.6 Å².